The molecule has 132 valence electrons. The number of benzene rings is 2. The van der Waals surface area contributed by atoms with E-state index in [1.165, 1.54) is 0 Å². The Morgan fingerprint density at radius 1 is 0.769 bits per heavy atom. The van der Waals surface area contributed by atoms with Crippen LogP contribution < -0.4 is 9.47 Å². The van der Waals surface area contributed by atoms with Gasteiger partial charge in [0.15, 0.2) is 11.6 Å². The molecule has 0 fully saturated rings. The summed E-state index contributed by atoms with van der Waals surface area (Å²) < 4.78 is 11.4. The lowest BCUT2D eigenvalue weighted by Gasteiger charge is -2.22. The maximum absolute atomic E-state index is 13.1. The Labute approximate surface area is 152 Å². The Hall–Kier alpha value is -3.14. The largest absolute Gasteiger partial charge is 0.488 e. The molecule has 0 aliphatic heterocycles. The molecule has 0 atom stereocenters. The van der Waals surface area contributed by atoms with Gasteiger partial charge >= 0.3 is 0 Å². The van der Waals surface area contributed by atoms with E-state index in [-0.39, 0.29) is 24.8 Å². The number of rotatable bonds is 6. The van der Waals surface area contributed by atoms with Gasteiger partial charge in [0.05, 0.1) is 11.1 Å². The topological polar surface area (TPSA) is 52.6 Å². The van der Waals surface area contributed by atoms with Gasteiger partial charge in [-0.05, 0) is 37.1 Å². The van der Waals surface area contributed by atoms with Crippen molar-refractivity contribution in [2.24, 2.45) is 0 Å². The molecule has 1 aliphatic rings. The van der Waals surface area contributed by atoms with Crippen LogP contribution in [0.5, 0.6) is 11.5 Å². The van der Waals surface area contributed by atoms with E-state index in [1.807, 2.05) is 13.8 Å². The van der Waals surface area contributed by atoms with Gasteiger partial charge in [-0.3, -0.25) is 9.59 Å². The summed E-state index contributed by atoms with van der Waals surface area (Å²) in [4.78, 5) is 26.2. The first-order chi connectivity index (χ1) is 12.4. The summed E-state index contributed by atoms with van der Waals surface area (Å²) in [6.07, 6.45) is 0. The van der Waals surface area contributed by atoms with Gasteiger partial charge in [-0.15, -0.1) is 0 Å². The minimum atomic E-state index is -0.243. The van der Waals surface area contributed by atoms with Crippen LogP contribution in [0.4, 0.5) is 0 Å². The van der Waals surface area contributed by atoms with E-state index < -0.39 is 0 Å². The molecule has 0 radical (unpaired) electrons. The van der Waals surface area contributed by atoms with Gasteiger partial charge < -0.3 is 9.47 Å². The van der Waals surface area contributed by atoms with Crippen LogP contribution in [-0.2, 0) is 0 Å². The maximum atomic E-state index is 13.1. The summed E-state index contributed by atoms with van der Waals surface area (Å²) in [5, 5.41) is 0. The minimum absolute atomic E-state index is 0.243. The van der Waals surface area contributed by atoms with Crippen LogP contribution in [0.25, 0.3) is 0 Å². The third-order valence-electron chi connectivity index (χ3n) is 3.94. The van der Waals surface area contributed by atoms with Crippen LogP contribution in [0.2, 0.25) is 0 Å². The number of fused-ring (bicyclic) bond motifs is 2. The molecule has 0 heterocycles. The second-order valence-electron chi connectivity index (χ2n) is 6.51. The van der Waals surface area contributed by atoms with Crippen molar-refractivity contribution in [3.63, 3.8) is 0 Å². The van der Waals surface area contributed by atoms with Gasteiger partial charge in [0.2, 0.25) is 0 Å². The first kappa shape index (κ1) is 17.7. The molecule has 0 amide bonds. The number of carbonyl (C=O) groups excluding carboxylic acids is 2. The average Bonchev–Trinajstić information content (AvgIpc) is 2.62. The lowest BCUT2D eigenvalue weighted by molar-refractivity contribution is 0.0973. The normalized spacial score (nSPS) is 12.2. The van der Waals surface area contributed by atoms with Crippen molar-refractivity contribution in [3.8, 4) is 11.5 Å². The zero-order chi connectivity index (χ0) is 18.8. The molecule has 0 bridgehead atoms. The van der Waals surface area contributed by atoms with E-state index in [9.17, 15) is 9.59 Å². The summed E-state index contributed by atoms with van der Waals surface area (Å²) in [5.41, 5.74) is 2.90. The molecule has 0 saturated heterocycles. The molecule has 0 saturated carbocycles. The van der Waals surface area contributed by atoms with E-state index in [0.717, 1.165) is 11.1 Å². The van der Waals surface area contributed by atoms with Crippen molar-refractivity contribution in [2.75, 3.05) is 13.2 Å². The van der Waals surface area contributed by atoms with Gasteiger partial charge in [0, 0.05) is 11.1 Å². The molecule has 4 heteroatoms. The molecule has 0 aromatic heterocycles. The average molecular weight is 348 g/mol. The Bertz CT molecular complexity index is 860. The Balaban J connectivity index is 2.08. The summed E-state index contributed by atoms with van der Waals surface area (Å²) in [5.74, 6) is 0.297. The molecule has 2 aromatic carbocycles. The molecular formula is C22H20O4. The first-order valence-corrected chi connectivity index (χ1v) is 8.30. The van der Waals surface area contributed by atoms with E-state index in [0.29, 0.717) is 33.8 Å². The van der Waals surface area contributed by atoms with Crippen LogP contribution in [0.3, 0.4) is 0 Å². The van der Waals surface area contributed by atoms with Gasteiger partial charge in [-0.1, -0.05) is 37.4 Å². The lowest BCUT2D eigenvalue weighted by Crippen LogP contribution is -2.23. The lowest BCUT2D eigenvalue weighted by atomic mass is 9.83. The number of carbonyl (C=O) groups is 2. The fourth-order valence-electron chi connectivity index (χ4n) is 2.82. The summed E-state index contributed by atoms with van der Waals surface area (Å²) in [6.45, 7) is 11.8. The third kappa shape index (κ3) is 3.18. The highest BCUT2D eigenvalue weighted by Crippen LogP contribution is 2.37. The number of ketones is 2. The van der Waals surface area contributed by atoms with Crippen LogP contribution in [0, 0.1) is 0 Å². The molecule has 2 aromatic rings. The Morgan fingerprint density at radius 2 is 1.15 bits per heavy atom. The maximum Gasteiger partial charge on any atom is 0.198 e. The highest BCUT2D eigenvalue weighted by molar-refractivity contribution is 6.30. The highest BCUT2D eigenvalue weighted by atomic mass is 16.5. The Kier molecular flexibility index (Phi) is 4.76. The second-order valence-corrected chi connectivity index (χ2v) is 6.51. The standard InChI is InChI=1S/C22H20O4/c1-13(2)11-25-17-9-5-7-15-19(17)21(23)16-8-6-10-18(20(16)22(15)24)26-12-14(3)4/h5-10H,1,3,11-12H2,2,4H3. The van der Waals surface area contributed by atoms with Gasteiger partial charge in [-0.25, -0.2) is 0 Å². The minimum Gasteiger partial charge on any atom is -0.488 e. The molecule has 4 nitrogen and oxygen atoms in total. The van der Waals surface area contributed by atoms with Gasteiger partial charge in [-0.2, -0.15) is 0 Å². The number of hydrogen-bond donors (Lipinski definition) is 0. The molecule has 0 unspecified atom stereocenters. The monoisotopic (exact) mass is 348 g/mol. The van der Waals surface area contributed by atoms with Crippen LogP contribution >= 0.6 is 0 Å². The van der Waals surface area contributed by atoms with Crippen LogP contribution in [0.15, 0.2) is 60.7 Å². The molecule has 0 spiro atoms. The smallest absolute Gasteiger partial charge is 0.198 e. The summed E-state index contributed by atoms with van der Waals surface area (Å²) in [7, 11) is 0. The molecule has 26 heavy (non-hydrogen) atoms. The molecule has 0 N–H and O–H groups in total. The van der Waals surface area contributed by atoms with Crippen LogP contribution in [0.1, 0.15) is 45.7 Å². The SMILES string of the molecule is C=C(C)COc1cccc2c1C(=O)c1cccc(OCC(=C)C)c1C2=O. The van der Waals surface area contributed by atoms with Gasteiger partial charge in [0.25, 0.3) is 0 Å². The predicted octanol–water partition coefficient (Wildman–Crippen LogP) is 4.37. The van der Waals surface area contributed by atoms with Crippen molar-refractivity contribution in [3.05, 3.63) is 83.0 Å². The zero-order valence-electron chi connectivity index (χ0n) is 14.9. The molecule has 1 aliphatic carbocycles. The van der Waals surface area contributed by atoms with Gasteiger partial charge in [0.1, 0.15) is 24.7 Å². The summed E-state index contributed by atoms with van der Waals surface area (Å²) >= 11 is 0. The fraction of sp³-hybridized carbons (Fsp3) is 0.182. The fourth-order valence-corrected chi connectivity index (χ4v) is 2.82. The van der Waals surface area contributed by atoms with Crippen molar-refractivity contribution < 1.29 is 19.1 Å². The van der Waals surface area contributed by atoms with Crippen molar-refractivity contribution in [1.29, 1.82) is 0 Å². The van der Waals surface area contributed by atoms with Crippen molar-refractivity contribution >= 4 is 11.6 Å². The second kappa shape index (κ2) is 7.00. The van der Waals surface area contributed by atoms with Crippen molar-refractivity contribution in [1.82, 2.24) is 0 Å². The van der Waals surface area contributed by atoms with Crippen molar-refractivity contribution in [2.45, 2.75) is 13.8 Å². The first-order valence-electron chi connectivity index (χ1n) is 8.30. The van der Waals surface area contributed by atoms with Crippen LogP contribution in [-0.4, -0.2) is 24.8 Å². The van der Waals surface area contributed by atoms with E-state index in [4.69, 9.17) is 9.47 Å². The number of hydrogen-bond acceptors (Lipinski definition) is 4. The highest BCUT2D eigenvalue weighted by Gasteiger charge is 2.34. The Morgan fingerprint density at radius 3 is 1.50 bits per heavy atom. The summed E-state index contributed by atoms with van der Waals surface area (Å²) in [6, 6.07) is 10.1. The van der Waals surface area contributed by atoms with E-state index in [1.54, 1.807) is 36.4 Å². The molecular weight excluding hydrogens is 328 g/mol. The third-order valence-corrected chi connectivity index (χ3v) is 3.94. The zero-order valence-corrected chi connectivity index (χ0v) is 14.9. The van der Waals surface area contributed by atoms with E-state index in [2.05, 4.69) is 13.2 Å². The molecule has 3 rings (SSSR count). The quantitative estimate of drug-likeness (QED) is 0.621. The number of ether oxygens (including phenoxy) is 2. The predicted molar refractivity (Wildman–Crippen MR) is 100 cm³/mol. The van der Waals surface area contributed by atoms with E-state index >= 15 is 0 Å².